The number of imidazole rings is 1. The normalized spacial score (nSPS) is 16.8. The van der Waals surface area contributed by atoms with E-state index in [0.717, 1.165) is 52.3 Å². The molecule has 0 saturated carbocycles. The number of amides is 1. The van der Waals surface area contributed by atoms with Crippen LogP contribution in [0.25, 0.3) is 21.3 Å². The summed E-state index contributed by atoms with van der Waals surface area (Å²) >= 11 is 7.60. The van der Waals surface area contributed by atoms with E-state index in [1.165, 1.54) is 11.3 Å². The van der Waals surface area contributed by atoms with Crippen molar-refractivity contribution in [2.45, 2.75) is 18.9 Å². The lowest BCUT2D eigenvalue weighted by Gasteiger charge is -2.23. The molecular formula is C21H21ClN6OS. The maximum atomic E-state index is 12.7. The monoisotopic (exact) mass is 440 g/mol. The summed E-state index contributed by atoms with van der Waals surface area (Å²) in [6, 6.07) is 11.4. The molecule has 3 heterocycles. The van der Waals surface area contributed by atoms with Crippen LogP contribution >= 0.6 is 22.9 Å². The number of nitrogens with one attached hydrogen (secondary N) is 3. The fourth-order valence-electron chi connectivity index (χ4n) is 3.74. The smallest absolute Gasteiger partial charge is 0.251 e. The van der Waals surface area contributed by atoms with Gasteiger partial charge in [-0.25, -0.2) is 9.97 Å². The lowest BCUT2D eigenvalue weighted by molar-refractivity contribution is 0.0931. The summed E-state index contributed by atoms with van der Waals surface area (Å²) in [5.74, 6) is 0.609. The maximum absolute atomic E-state index is 12.7. The molecule has 1 amide bonds. The van der Waals surface area contributed by atoms with Crippen LogP contribution in [0.2, 0.25) is 5.02 Å². The Kier molecular flexibility index (Phi) is 5.06. The summed E-state index contributed by atoms with van der Waals surface area (Å²) in [6.07, 6.45) is 2.09. The molecule has 0 unspecified atom stereocenters. The molecule has 1 aliphatic rings. The van der Waals surface area contributed by atoms with E-state index in [2.05, 4.69) is 25.9 Å². The molecule has 4 aromatic rings. The van der Waals surface area contributed by atoms with Gasteiger partial charge in [0.15, 0.2) is 5.13 Å². The van der Waals surface area contributed by atoms with Crippen LogP contribution in [-0.4, -0.2) is 39.6 Å². The highest BCUT2D eigenvalue weighted by Gasteiger charge is 2.18. The summed E-state index contributed by atoms with van der Waals surface area (Å²) in [6.45, 7) is 1.84. The zero-order chi connectivity index (χ0) is 20.7. The number of hydrogen-bond acceptors (Lipinski definition) is 6. The van der Waals surface area contributed by atoms with E-state index in [0.29, 0.717) is 16.5 Å². The Balaban J connectivity index is 1.39. The third kappa shape index (κ3) is 3.74. The van der Waals surface area contributed by atoms with E-state index in [1.54, 1.807) is 0 Å². The first-order chi connectivity index (χ1) is 14.6. The lowest BCUT2D eigenvalue weighted by Crippen LogP contribution is -2.45. The topological polar surface area (TPSA) is 83.9 Å². The summed E-state index contributed by atoms with van der Waals surface area (Å²) in [5.41, 5.74) is 3.21. The number of rotatable bonds is 4. The number of benzene rings is 2. The van der Waals surface area contributed by atoms with Crippen molar-refractivity contribution >= 4 is 61.2 Å². The second-order valence-corrected chi connectivity index (χ2v) is 8.94. The van der Waals surface area contributed by atoms with Gasteiger partial charge in [-0.2, -0.15) is 0 Å². The maximum Gasteiger partial charge on any atom is 0.251 e. The Bertz CT molecular complexity index is 1240. The predicted molar refractivity (Wildman–Crippen MR) is 122 cm³/mol. The van der Waals surface area contributed by atoms with Crippen LogP contribution in [-0.2, 0) is 7.05 Å². The molecule has 154 valence electrons. The summed E-state index contributed by atoms with van der Waals surface area (Å²) in [7, 11) is 1.94. The van der Waals surface area contributed by atoms with Crippen molar-refractivity contribution in [1.82, 2.24) is 25.2 Å². The molecule has 1 saturated heterocycles. The Hall–Kier alpha value is -2.68. The van der Waals surface area contributed by atoms with Gasteiger partial charge in [0.05, 0.1) is 21.3 Å². The molecule has 2 aromatic heterocycles. The first kappa shape index (κ1) is 19.3. The van der Waals surface area contributed by atoms with Gasteiger partial charge in [0.1, 0.15) is 0 Å². The zero-order valence-corrected chi connectivity index (χ0v) is 18.0. The van der Waals surface area contributed by atoms with Crippen molar-refractivity contribution < 1.29 is 4.79 Å². The molecule has 1 aliphatic heterocycles. The van der Waals surface area contributed by atoms with Crippen molar-refractivity contribution in [1.29, 1.82) is 0 Å². The number of fused-ring (bicyclic) bond motifs is 2. The number of thiazole rings is 1. The molecule has 0 aliphatic carbocycles. The molecule has 2 aromatic carbocycles. The van der Waals surface area contributed by atoms with E-state index in [-0.39, 0.29) is 11.9 Å². The Morgan fingerprint density at radius 1 is 1.23 bits per heavy atom. The van der Waals surface area contributed by atoms with Crippen molar-refractivity contribution in [3.05, 3.63) is 47.0 Å². The molecule has 0 bridgehead atoms. The first-order valence-electron chi connectivity index (χ1n) is 9.88. The highest BCUT2D eigenvalue weighted by molar-refractivity contribution is 7.22. The van der Waals surface area contributed by atoms with Crippen LogP contribution in [0.15, 0.2) is 36.4 Å². The van der Waals surface area contributed by atoms with Gasteiger partial charge in [0, 0.05) is 30.2 Å². The SMILES string of the molecule is Cn1c(Nc2nc3ccc(Cl)cc3s2)nc2cc(C(=O)N[C@H]3CCCNC3)ccc21. The number of anilines is 2. The molecule has 0 spiro atoms. The van der Waals surface area contributed by atoms with Crippen molar-refractivity contribution in [2.24, 2.45) is 7.05 Å². The summed E-state index contributed by atoms with van der Waals surface area (Å²) in [5, 5.41) is 11.2. The summed E-state index contributed by atoms with van der Waals surface area (Å²) in [4.78, 5) is 21.9. The van der Waals surface area contributed by atoms with Crippen LogP contribution in [0.5, 0.6) is 0 Å². The van der Waals surface area contributed by atoms with Gasteiger partial charge in [0.2, 0.25) is 5.95 Å². The van der Waals surface area contributed by atoms with E-state index in [4.69, 9.17) is 11.6 Å². The number of piperidine rings is 1. The third-order valence-electron chi connectivity index (χ3n) is 5.34. The highest BCUT2D eigenvalue weighted by atomic mass is 35.5. The Labute approximate surface area is 182 Å². The fraction of sp³-hybridized carbons (Fsp3) is 0.286. The number of carbonyl (C=O) groups is 1. The van der Waals surface area contributed by atoms with Crippen LogP contribution in [0.1, 0.15) is 23.2 Å². The van der Waals surface area contributed by atoms with E-state index >= 15 is 0 Å². The van der Waals surface area contributed by atoms with Gasteiger partial charge in [-0.15, -0.1) is 0 Å². The van der Waals surface area contributed by atoms with Crippen LogP contribution in [0.3, 0.4) is 0 Å². The van der Waals surface area contributed by atoms with E-state index < -0.39 is 0 Å². The van der Waals surface area contributed by atoms with Crippen LogP contribution in [0, 0.1) is 0 Å². The summed E-state index contributed by atoms with van der Waals surface area (Å²) < 4.78 is 2.97. The number of hydrogen-bond donors (Lipinski definition) is 3. The van der Waals surface area contributed by atoms with Crippen molar-refractivity contribution in [3.8, 4) is 0 Å². The number of aryl methyl sites for hydroxylation is 1. The average molecular weight is 441 g/mol. The van der Waals surface area contributed by atoms with Gasteiger partial charge >= 0.3 is 0 Å². The van der Waals surface area contributed by atoms with Gasteiger partial charge in [-0.3, -0.25) is 4.79 Å². The molecule has 1 fully saturated rings. The molecule has 5 rings (SSSR count). The van der Waals surface area contributed by atoms with E-state index in [9.17, 15) is 4.79 Å². The minimum absolute atomic E-state index is 0.0613. The van der Waals surface area contributed by atoms with Crippen LogP contribution in [0.4, 0.5) is 11.1 Å². The number of carbonyl (C=O) groups excluding carboxylic acids is 1. The van der Waals surface area contributed by atoms with Crippen molar-refractivity contribution in [3.63, 3.8) is 0 Å². The van der Waals surface area contributed by atoms with Gasteiger partial charge in [0.25, 0.3) is 5.91 Å². The molecule has 30 heavy (non-hydrogen) atoms. The fourth-order valence-corrected chi connectivity index (χ4v) is 4.88. The molecule has 1 atom stereocenters. The van der Waals surface area contributed by atoms with Gasteiger partial charge in [-0.1, -0.05) is 22.9 Å². The molecule has 0 radical (unpaired) electrons. The highest BCUT2D eigenvalue weighted by Crippen LogP contribution is 2.31. The number of aromatic nitrogens is 3. The average Bonchev–Trinajstić information content (AvgIpc) is 3.28. The number of halogens is 1. The second kappa shape index (κ2) is 7.86. The standard InChI is InChI=1S/C21H21ClN6OS/c1-28-17-7-4-12(19(29)24-14-3-2-8-23-11-14)9-16(17)25-20(28)27-21-26-15-6-5-13(22)10-18(15)30-21/h4-7,9-10,14,23H,2-3,8,11H2,1H3,(H,24,29)(H,25,26,27)/t14-/m0/s1. The van der Waals surface area contributed by atoms with Crippen molar-refractivity contribution in [2.75, 3.05) is 18.4 Å². The Morgan fingerprint density at radius 2 is 2.13 bits per heavy atom. The zero-order valence-electron chi connectivity index (χ0n) is 16.4. The van der Waals surface area contributed by atoms with E-state index in [1.807, 2.05) is 48.0 Å². The molecule has 9 heteroatoms. The Morgan fingerprint density at radius 3 is 2.97 bits per heavy atom. The minimum atomic E-state index is -0.0613. The minimum Gasteiger partial charge on any atom is -0.348 e. The molecule has 3 N–H and O–H groups in total. The lowest BCUT2D eigenvalue weighted by atomic mass is 10.1. The van der Waals surface area contributed by atoms with Gasteiger partial charge in [-0.05, 0) is 55.8 Å². The largest absolute Gasteiger partial charge is 0.348 e. The predicted octanol–water partition coefficient (Wildman–Crippen LogP) is 4.06. The molecule has 7 nitrogen and oxygen atoms in total. The first-order valence-corrected chi connectivity index (χ1v) is 11.1. The quantitative estimate of drug-likeness (QED) is 0.445. The third-order valence-corrected chi connectivity index (χ3v) is 6.51. The van der Waals surface area contributed by atoms with Crippen LogP contribution < -0.4 is 16.0 Å². The van der Waals surface area contributed by atoms with Gasteiger partial charge < -0.3 is 20.5 Å². The number of nitrogens with zero attached hydrogens (tertiary/aromatic N) is 3. The molecular weight excluding hydrogens is 420 g/mol. The second-order valence-electron chi connectivity index (χ2n) is 7.47.